The van der Waals surface area contributed by atoms with E-state index in [0.717, 1.165) is 18.1 Å². The van der Waals surface area contributed by atoms with Crippen LogP contribution in [0.5, 0.6) is 5.75 Å². The highest BCUT2D eigenvalue weighted by atomic mass is 16.5. The Morgan fingerprint density at radius 3 is 2.58 bits per heavy atom. The molecule has 6 nitrogen and oxygen atoms in total. The number of guanidine groups is 1. The van der Waals surface area contributed by atoms with Gasteiger partial charge in [-0.2, -0.15) is 0 Å². The molecular formula is C18H30N4O2. The minimum Gasteiger partial charge on any atom is -0.484 e. The Labute approximate surface area is 145 Å². The molecule has 1 rings (SSSR count). The fourth-order valence-corrected chi connectivity index (χ4v) is 1.84. The predicted molar refractivity (Wildman–Crippen MR) is 98.3 cm³/mol. The highest BCUT2D eigenvalue weighted by molar-refractivity contribution is 5.80. The number of carbonyl (C=O) groups excluding carboxylic acids is 1. The van der Waals surface area contributed by atoms with Gasteiger partial charge in [0.1, 0.15) is 5.75 Å². The van der Waals surface area contributed by atoms with Crippen LogP contribution in [0.15, 0.2) is 29.3 Å². The molecule has 0 unspecified atom stereocenters. The third-order valence-corrected chi connectivity index (χ3v) is 3.02. The summed E-state index contributed by atoms with van der Waals surface area (Å²) in [6.45, 7) is 9.69. The summed E-state index contributed by atoms with van der Waals surface area (Å²) in [5.74, 6) is 1.38. The number of nitrogens with zero attached hydrogens (tertiary/aromatic N) is 2. The van der Waals surface area contributed by atoms with Gasteiger partial charge in [0.25, 0.3) is 5.91 Å². The number of ether oxygens (including phenoxy) is 1. The molecule has 2 N–H and O–H groups in total. The van der Waals surface area contributed by atoms with Crippen LogP contribution < -0.4 is 15.4 Å². The zero-order valence-corrected chi connectivity index (χ0v) is 15.6. The normalized spacial score (nSPS) is 11.8. The summed E-state index contributed by atoms with van der Waals surface area (Å²) in [6.07, 6.45) is 0. The standard InChI is InChI=1S/C18H30N4O2/c1-7-19-17(21-18(2,3)4)20-12-14-9-8-10-15(11-14)24-13-16(23)22(5)6/h8-11H,7,12-13H2,1-6H3,(H2,19,20,21). The van der Waals surface area contributed by atoms with Crippen LogP contribution in [0.3, 0.4) is 0 Å². The van der Waals surface area contributed by atoms with Crippen LogP contribution in [0, 0.1) is 0 Å². The van der Waals surface area contributed by atoms with Crippen molar-refractivity contribution in [2.75, 3.05) is 27.2 Å². The number of amides is 1. The first-order chi connectivity index (χ1) is 11.2. The van der Waals surface area contributed by atoms with Crippen LogP contribution in [0.4, 0.5) is 0 Å². The second kappa shape index (κ2) is 9.15. The van der Waals surface area contributed by atoms with Crippen molar-refractivity contribution in [3.05, 3.63) is 29.8 Å². The van der Waals surface area contributed by atoms with Crippen molar-refractivity contribution in [2.24, 2.45) is 4.99 Å². The van der Waals surface area contributed by atoms with E-state index in [2.05, 4.69) is 36.4 Å². The van der Waals surface area contributed by atoms with Gasteiger partial charge in [0.15, 0.2) is 12.6 Å². The van der Waals surface area contributed by atoms with E-state index in [9.17, 15) is 4.79 Å². The average Bonchev–Trinajstić information content (AvgIpc) is 2.49. The van der Waals surface area contributed by atoms with E-state index in [4.69, 9.17) is 4.74 Å². The maximum atomic E-state index is 11.6. The fraction of sp³-hybridized carbons (Fsp3) is 0.556. The molecule has 1 aromatic carbocycles. The smallest absolute Gasteiger partial charge is 0.259 e. The second-order valence-electron chi connectivity index (χ2n) is 6.79. The summed E-state index contributed by atoms with van der Waals surface area (Å²) >= 11 is 0. The lowest BCUT2D eigenvalue weighted by Crippen LogP contribution is -2.47. The van der Waals surface area contributed by atoms with Gasteiger partial charge < -0.3 is 20.3 Å². The van der Waals surface area contributed by atoms with Gasteiger partial charge in [-0.3, -0.25) is 4.79 Å². The van der Waals surface area contributed by atoms with Gasteiger partial charge in [-0.25, -0.2) is 4.99 Å². The lowest BCUT2D eigenvalue weighted by Gasteiger charge is -2.23. The van der Waals surface area contributed by atoms with E-state index in [1.807, 2.05) is 31.2 Å². The number of aliphatic imine (C=N–C) groups is 1. The minimum atomic E-state index is -0.0674. The Bertz CT molecular complexity index is 562. The molecule has 0 radical (unpaired) electrons. The molecule has 0 aliphatic heterocycles. The van der Waals surface area contributed by atoms with Crippen LogP contribution in [0.25, 0.3) is 0 Å². The molecule has 1 aromatic rings. The van der Waals surface area contributed by atoms with Gasteiger partial charge >= 0.3 is 0 Å². The highest BCUT2D eigenvalue weighted by Gasteiger charge is 2.11. The van der Waals surface area contributed by atoms with Crippen LogP contribution >= 0.6 is 0 Å². The van der Waals surface area contributed by atoms with Crippen LogP contribution in [0.1, 0.15) is 33.3 Å². The van der Waals surface area contributed by atoms with E-state index >= 15 is 0 Å². The molecule has 24 heavy (non-hydrogen) atoms. The number of likely N-dealkylation sites (N-methyl/N-ethyl adjacent to an activating group) is 1. The van der Waals surface area contributed by atoms with Crippen molar-refractivity contribution in [3.8, 4) is 5.75 Å². The van der Waals surface area contributed by atoms with Gasteiger partial charge in [-0.15, -0.1) is 0 Å². The zero-order chi connectivity index (χ0) is 18.2. The molecule has 0 atom stereocenters. The summed E-state index contributed by atoms with van der Waals surface area (Å²) in [5.41, 5.74) is 0.967. The number of nitrogens with one attached hydrogen (secondary N) is 2. The first-order valence-corrected chi connectivity index (χ1v) is 8.19. The van der Waals surface area contributed by atoms with Crippen molar-refractivity contribution in [1.29, 1.82) is 0 Å². The molecular weight excluding hydrogens is 304 g/mol. The van der Waals surface area contributed by atoms with Crippen LogP contribution in [-0.2, 0) is 11.3 Å². The minimum absolute atomic E-state index is 0.0357. The van der Waals surface area contributed by atoms with E-state index in [1.165, 1.54) is 4.90 Å². The fourth-order valence-electron chi connectivity index (χ4n) is 1.84. The summed E-state index contributed by atoms with van der Waals surface area (Å²) in [5, 5.41) is 6.59. The number of hydrogen-bond acceptors (Lipinski definition) is 3. The number of carbonyl (C=O) groups is 1. The third kappa shape index (κ3) is 7.85. The Morgan fingerprint density at radius 1 is 1.29 bits per heavy atom. The van der Waals surface area contributed by atoms with Gasteiger partial charge in [0, 0.05) is 26.2 Å². The van der Waals surface area contributed by atoms with Crippen molar-refractivity contribution in [3.63, 3.8) is 0 Å². The van der Waals surface area contributed by atoms with E-state index < -0.39 is 0 Å². The molecule has 6 heteroatoms. The first kappa shape index (κ1) is 19.8. The predicted octanol–water partition coefficient (Wildman–Crippen LogP) is 2.01. The molecule has 0 heterocycles. The first-order valence-electron chi connectivity index (χ1n) is 8.19. The van der Waals surface area contributed by atoms with Crippen LogP contribution in [0.2, 0.25) is 0 Å². The summed E-state index contributed by atoms with van der Waals surface area (Å²) in [4.78, 5) is 17.7. The molecule has 0 bridgehead atoms. The summed E-state index contributed by atoms with van der Waals surface area (Å²) in [6, 6.07) is 7.65. The van der Waals surface area contributed by atoms with Crippen molar-refractivity contribution < 1.29 is 9.53 Å². The van der Waals surface area contributed by atoms with E-state index in [1.54, 1.807) is 14.1 Å². The van der Waals surface area contributed by atoms with E-state index in [0.29, 0.717) is 12.3 Å². The molecule has 0 saturated carbocycles. The molecule has 0 spiro atoms. The number of benzene rings is 1. The third-order valence-electron chi connectivity index (χ3n) is 3.02. The lowest BCUT2D eigenvalue weighted by molar-refractivity contribution is -0.130. The summed E-state index contributed by atoms with van der Waals surface area (Å²) < 4.78 is 5.53. The molecule has 0 saturated heterocycles. The summed E-state index contributed by atoms with van der Waals surface area (Å²) in [7, 11) is 3.42. The molecule has 134 valence electrons. The molecule has 0 aliphatic rings. The van der Waals surface area contributed by atoms with Crippen molar-refractivity contribution >= 4 is 11.9 Å². The average molecular weight is 334 g/mol. The Morgan fingerprint density at radius 2 is 2.00 bits per heavy atom. The Balaban J connectivity index is 2.71. The quantitative estimate of drug-likeness (QED) is 0.617. The Hall–Kier alpha value is -2.24. The molecule has 0 fully saturated rings. The second-order valence-corrected chi connectivity index (χ2v) is 6.79. The molecule has 0 aliphatic carbocycles. The molecule has 0 aromatic heterocycles. The largest absolute Gasteiger partial charge is 0.484 e. The lowest BCUT2D eigenvalue weighted by atomic mass is 10.1. The maximum Gasteiger partial charge on any atom is 0.259 e. The van der Waals surface area contributed by atoms with Gasteiger partial charge in [0.2, 0.25) is 0 Å². The maximum absolute atomic E-state index is 11.6. The SMILES string of the molecule is CCNC(=NCc1cccc(OCC(=O)N(C)C)c1)NC(C)(C)C. The van der Waals surface area contributed by atoms with Crippen molar-refractivity contribution in [1.82, 2.24) is 15.5 Å². The van der Waals surface area contributed by atoms with Gasteiger partial charge in [-0.1, -0.05) is 12.1 Å². The number of rotatable bonds is 6. The number of hydrogen-bond donors (Lipinski definition) is 2. The van der Waals surface area contributed by atoms with Gasteiger partial charge in [0.05, 0.1) is 6.54 Å². The zero-order valence-electron chi connectivity index (χ0n) is 15.6. The van der Waals surface area contributed by atoms with Gasteiger partial charge in [-0.05, 0) is 45.4 Å². The Kier molecular flexibility index (Phi) is 7.55. The van der Waals surface area contributed by atoms with E-state index in [-0.39, 0.29) is 18.1 Å². The monoisotopic (exact) mass is 334 g/mol. The molecule has 1 amide bonds. The van der Waals surface area contributed by atoms with Crippen molar-refractivity contribution in [2.45, 2.75) is 39.8 Å². The highest BCUT2D eigenvalue weighted by Crippen LogP contribution is 2.14. The topological polar surface area (TPSA) is 66.0 Å². The van der Waals surface area contributed by atoms with Crippen LogP contribution in [-0.4, -0.2) is 49.6 Å².